The molecule has 0 amide bonds. The summed E-state index contributed by atoms with van der Waals surface area (Å²) in [6.45, 7) is 1.45. The van der Waals surface area contributed by atoms with Crippen LogP contribution in [0.25, 0.3) is 0 Å². The third-order valence-corrected chi connectivity index (χ3v) is 6.24. The Morgan fingerprint density at radius 3 is 2.17 bits per heavy atom. The number of rotatable bonds is 8. The summed E-state index contributed by atoms with van der Waals surface area (Å²) in [5.41, 5.74) is 1.52. The molecule has 3 aromatic rings. The van der Waals surface area contributed by atoms with Crippen molar-refractivity contribution < 1.29 is 18.0 Å². The van der Waals surface area contributed by atoms with E-state index in [9.17, 15) is 18.0 Å². The zero-order valence-corrected chi connectivity index (χ0v) is 17.1. The summed E-state index contributed by atoms with van der Waals surface area (Å²) in [6, 6.07) is 15.9. The third kappa shape index (κ3) is 5.40. The van der Waals surface area contributed by atoms with Gasteiger partial charge in [0.2, 0.25) is 0 Å². The highest BCUT2D eigenvalue weighted by Crippen LogP contribution is 2.19. The van der Waals surface area contributed by atoms with Crippen molar-refractivity contribution in [1.29, 1.82) is 0 Å². The number of anilines is 2. The van der Waals surface area contributed by atoms with E-state index >= 15 is 0 Å². The predicted molar refractivity (Wildman–Crippen MR) is 115 cm³/mol. The van der Waals surface area contributed by atoms with Crippen LogP contribution in [0.15, 0.2) is 83.2 Å². The van der Waals surface area contributed by atoms with Crippen molar-refractivity contribution in [3.05, 3.63) is 88.8 Å². The molecule has 3 rings (SSSR count). The minimum Gasteiger partial charge on any atom is -0.362 e. The number of allylic oxidation sites excluding steroid dienone is 1. The van der Waals surface area contributed by atoms with Crippen LogP contribution in [0.5, 0.6) is 0 Å². The molecule has 0 aliphatic carbocycles. The summed E-state index contributed by atoms with van der Waals surface area (Å²) in [6.07, 6.45) is 2.93. The number of Topliss-reactive ketones (excluding diaryl/α,β-unsaturated/α-hetero) is 1. The molecule has 1 heterocycles. The van der Waals surface area contributed by atoms with Crippen LogP contribution in [0.1, 0.15) is 27.0 Å². The molecule has 0 atom stereocenters. The Bertz CT molecular complexity index is 1130. The molecule has 2 aromatic carbocycles. The second kappa shape index (κ2) is 8.85. The number of carbonyl (C=O) groups is 2. The van der Waals surface area contributed by atoms with Gasteiger partial charge in [-0.25, -0.2) is 8.42 Å². The lowest BCUT2D eigenvalue weighted by atomic mass is 10.1. The number of thiophene rings is 1. The Hall–Kier alpha value is -3.23. The monoisotopic (exact) mass is 426 g/mol. The van der Waals surface area contributed by atoms with E-state index in [4.69, 9.17) is 0 Å². The Kier molecular flexibility index (Phi) is 6.26. The summed E-state index contributed by atoms with van der Waals surface area (Å²) >= 11 is 1.37. The average molecular weight is 427 g/mol. The highest BCUT2D eigenvalue weighted by Gasteiger charge is 2.14. The molecule has 2 N–H and O–H groups in total. The predicted octanol–water partition coefficient (Wildman–Crippen LogP) is 4.56. The summed E-state index contributed by atoms with van der Waals surface area (Å²) in [7, 11) is -3.76. The van der Waals surface area contributed by atoms with E-state index in [0.717, 1.165) is 0 Å². The molecule has 0 bridgehead atoms. The van der Waals surface area contributed by atoms with Gasteiger partial charge in [-0.05, 0) is 66.9 Å². The van der Waals surface area contributed by atoms with Gasteiger partial charge in [0, 0.05) is 29.2 Å². The first kappa shape index (κ1) is 20.5. The fourth-order valence-electron chi connectivity index (χ4n) is 2.43. The van der Waals surface area contributed by atoms with Crippen molar-refractivity contribution in [2.45, 2.75) is 11.8 Å². The normalized spacial score (nSPS) is 11.3. The number of benzene rings is 2. The summed E-state index contributed by atoms with van der Waals surface area (Å²) in [4.78, 5) is 23.9. The first-order chi connectivity index (χ1) is 13.8. The van der Waals surface area contributed by atoms with Crippen LogP contribution in [-0.4, -0.2) is 20.0 Å². The lowest BCUT2D eigenvalue weighted by Gasteiger charge is -2.09. The largest absolute Gasteiger partial charge is 0.362 e. The van der Waals surface area contributed by atoms with Gasteiger partial charge in [-0.15, -0.1) is 11.3 Å². The van der Waals surface area contributed by atoms with E-state index < -0.39 is 10.0 Å². The van der Waals surface area contributed by atoms with Crippen LogP contribution in [0.4, 0.5) is 11.4 Å². The molecule has 0 spiro atoms. The molecule has 148 valence electrons. The molecule has 6 nitrogen and oxygen atoms in total. The Balaban J connectivity index is 1.63. The van der Waals surface area contributed by atoms with Crippen LogP contribution in [0.3, 0.4) is 0 Å². The topological polar surface area (TPSA) is 92.3 Å². The lowest BCUT2D eigenvalue weighted by Crippen LogP contribution is -2.13. The maximum absolute atomic E-state index is 12.5. The molecular weight excluding hydrogens is 408 g/mol. The fraction of sp³-hybridized carbons (Fsp3) is 0.0476. The molecule has 0 aliphatic heterocycles. The minimum atomic E-state index is -3.76. The van der Waals surface area contributed by atoms with Crippen molar-refractivity contribution in [1.82, 2.24) is 0 Å². The van der Waals surface area contributed by atoms with Gasteiger partial charge in [0.05, 0.1) is 9.77 Å². The number of sulfonamides is 1. The second-order valence-corrected chi connectivity index (χ2v) is 8.71. The first-order valence-corrected chi connectivity index (χ1v) is 11.0. The van der Waals surface area contributed by atoms with E-state index in [1.54, 1.807) is 42.5 Å². The zero-order chi connectivity index (χ0) is 20.9. The minimum absolute atomic E-state index is 0.0892. The zero-order valence-electron chi connectivity index (χ0n) is 15.5. The first-order valence-electron chi connectivity index (χ1n) is 8.60. The summed E-state index contributed by atoms with van der Waals surface area (Å²) in [5.74, 6) is -0.194. The van der Waals surface area contributed by atoms with Crippen molar-refractivity contribution in [2.75, 3.05) is 10.0 Å². The summed E-state index contributed by atoms with van der Waals surface area (Å²) in [5, 5.41) is 4.77. The van der Waals surface area contributed by atoms with Gasteiger partial charge in [-0.3, -0.25) is 14.3 Å². The molecular formula is C21H18N2O4S2. The van der Waals surface area contributed by atoms with E-state index in [1.807, 2.05) is 11.4 Å². The van der Waals surface area contributed by atoms with Crippen LogP contribution in [0.2, 0.25) is 0 Å². The van der Waals surface area contributed by atoms with E-state index in [1.165, 1.54) is 42.7 Å². The van der Waals surface area contributed by atoms with Gasteiger partial charge in [0.1, 0.15) is 0 Å². The number of hydrogen-bond donors (Lipinski definition) is 2. The maximum atomic E-state index is 12.5. The quantitative estimate of drug-likeness (QED) is 0.407. The standard InChI is InChI=1S/C21H18N2O4S2/c1-15(24)16-4-6-18(7-5-16)23-29(26,27)19-10-8-17(9-11-19)22-13-12-20(25)21-3-2-14-28-21/h2-14,22-23H,1H3/b13-12-. The second-order valence-electron chi connectivity index (χ2n) is 6.08. The smallest absolute Gasteiger partial charge is 0.261 e. The number of carbonyl (C=O) groups excluding carboxylic acids is 2. The van der Waals surface area contributed by atoms with Gasteiger partial charge in [0.15, 0.2) is 11.6 Å². The average Bonchev–Trinajstić information content (AvgIpc) is 3.23. The number of nitrogens with one attached hydrogen (secondary N) is 2. The Labute approximate surface area is 173 Å². The molecule has 0 radical (unpaired) electrons. The van der Waals surface area contributed by atoms with Crippen molar-refractivity contribution in [3.63, 3.8) is 0 Å². The molecule has 29 heavy (non-hydrogen) atoms. The van der Waals surface area contributed by atoms with Gasteiger partial charge in [-0.2, -0.15) is 0 Å². The van der Waals surface area contributed by atoms with E-state index in [-0.39, 0.29) is 16.5 Å². The van der Waals surface area contributed by atoms with Crippen molar-refractivity contribution in [3.8, 4) is 0 Å². The SMILES string of the molecule is CC(=O)c1ccc(NS(=O)(=O)c2ccc(N/C=C\C(=O)c3cccs3)cc2)cc1. The van der Waals surface area contributed by atoms with Crippen molar-refractivity contribution >= 4 is 44.3 Å². The Morgan fingerprint density at radius 2 is 1.59 bits per heavy atom. The van der Waals surface area contributed by atoms with Gasteiger partial charge < -0.3 is 5.32 Å². The molecule has 0 saturated carbocycles. The van der Waals surface area contributed by atoms with Crippen LogP contribution >= 0.6 is 11.3 Å². The van der Waals surface area contributed by atoms with Crippen LogP contribution in [0, 0.1) is 0 Å². The Morgan fingerprint density at radius 1 is 0.931 bits per heavy atom. The van der Waals surface area contributed by atoms with E-state index in [2.05, 4.69) is 10.0 Å². The molecule has 0 unspecified atom stereocenters. The molecule has 0 aliphatic rings. The van der Waals surface area contributed by atoms with Gasteiger partial charge >= 0.3 is 0 Å². The van der Waals surface area contributed by atoms with Crippen LogP contribution < -0.4 is 10.0 Å². The molecule has 0 saturated heterocycles. The highest BCUT2D eigenvalue weighted by molar-refractivity contribution is 7.92. The number of hydrogen-bond acceptors (Lipinski definition) is 6. The maximum Gasteiger partial charge on any atom is 0.261 e. The third-order valence-electron chi connectivity index (χ3n) is 3.96. The van der Waals surface area contributed by atoms with E-state index in [0.29, 0.717) is 21.8 Å². The molecule has 1 aromatic heterocycles. The summed E-state index contributed by atoms with van der Waals surface area (Å²) < 4.78 is 27.5. The number of ketones is 2. The van der Waals surface area contributed by atoms with Crippen LogP contribution in [-0.2, 0) is 10.0 Å². The van der Waals surface area contributed by atoms with Crippen molar-refractivity contribution in [2.24, 2.45) is 0 Å². The van der Waals surface area contributed by atoms with Gasteiger partial charge in [-0.1, -0.05) is 6.07 Å². The fourth-order valence-corrected chi connectivity index (χ4v) is 4.14. The highest BCUT2D eigenvalue weighted by atomic mass is 32.2. The molecule has 0 fully saturated rings. The van der Waals surface area contributed by atoms with Gasteiger partial charge in [0.25, 0.3) is 10.0 Å². The lowest BCUT2D eigenvalue weighted by molar-refractivity contribution is 0.101. The molecule has 8 heteroatoms.